The quantitative estimate of drug-likeness (QED) is 0.550. The highest BCUT2D eigenvalue weighted by molar-refractivity contribution is 5.55. The van der Waals surface area contributed by atoms with Crippen LogP contribution in [0.1, 0.15) is 0 Å². The Balaban J connectivity index is 1.84. The molecule has 0 fully saturated rings. The predicted octanol–water partition coefficient (Wildman–Crippen LogP) is 5.91. The average molecular weight is 287 g/mol. The van der Waals surface area contributed by atoms with Gasteiger partial charge in [-0.05, 0) is 36.4 Å². The number of hydrogen-bond donors (Lipinski definition) is 0. The Kier molecular flexibility index (Phi) is 4.37. The van der Waals surface area contributed by atoms with Crippen molar-refractivity contribution in [3.8, 4) is 0 Å². The summed E-state index contributed by atoms with van der Waals surface area (Å²) >= 11 is 0. The molecule has 106 valence electrons. The van der Waals surface area contributed by atoms with Gasteiger partial charge in [-0.2, -0.15) is 5.11 Å². The lowest BCUT2D eigenvalue weighted by Crippen LogP contribution is -1.73. The summed E-state index contributed by atoms with van der Waals surface area (Å²) < 4.78 is 0. The van der Waals surface area contributed by atoms with E-state index in [0.717, 1.165) is 11.4 Å². The normalized spacial score (nSPS) is 11.3. The number of pyridine rings is 1. The number of hydrogen-bond acceptors (Lipinski definition) is 5. The summed E-state index contributed by atoms with van der Waals surface area (Å²) in [4.78, 5) is 4.19. The molecule has 0 bridgehead atoms. The molecule has 5 nitrogen and oxygen atoms in total. The largest absolute Gasteiger partial charge is 0.234 e. The van der Waals surface area contributed by atoms with Crippen LogP contribution in [0, 0.1) is 0 Å². The van der Waals surface area contributed by atoms with Crippen LogP contribution >= 0.6 is 0 Å². The summed E-state index contributed by atoms with van der Waals surface area (Å²) in [6.07, 6.45) is 1.65. The highest BCUT2D eigenvalue weighted by Gasteiger charge is 2.01. The van der Waals surface area contributed by atoms with Gasteiger partial charge in [-0.1, -0.05) is 36.4 Å². The van der Waals surface area contributed by atoms with E-state index in [-0.39, 0.29) is 0 Å². The molecule has 1 aromatic heterocycles. The van der Waals surface area contributed by atoms with E-state index in [1.165, 1.54) is 0 Å². The third-order valence-electron chi connectivity index (χ3n) is 2.81. The summed E-state index contributed by atoms with van der Waals surface area (Å²) in [5.41, 5.74) is 2.11. The first-order valence-electron chi connectivity index (χ1n) is 6.80. The molecule has 1 heterocycles. The summed E-state index contributed by atoms with van der Waals surface area (Å²) in [5.74, 6) is 0.436. The maximum Gasteiger partial charge on any atom is 0.202 e. The Labute approximate surface area is 128 Å². The van der Waals surface area contributed by atoms with Crippen LogP contribution in [0.15, 0.2) is 99.5 Å². The lowest BCUT2D eigenvalue weighted by molar-refractivity contribution is 1.12. The fraction of sp³-hybridized carbons (Fsp3) is 0. The van der Waals surface area contributed by atoms with Gasteiger partial charge in [-0.25, -0.2) is 4.98 Å². The molecule has 2 aromatic carbocycles. The lowest BCUT2D eigenvalue weighted by Gasteiger charge is -1.97. The highest BCUT2D eigenvalue weighted by Crippen LogP contribution is 2.28. The van der Waals surface area contributed by atoms with Crippen molar-refractivity contribution in [1.82, 2.24) is 4.98 Å². The van der Waals surface area contributed by atoms with Gasteiger partial charge in [0.05, 0.1) is 11.4 Å². The van der Waals surface area contributed by atoms with Crippen molar-refractivity contribution in [2.75, 3.05) is 0 Å². The van der Waals surface area contributed by atoms with Crippen LogP contribution in [0.2, 0.25) is 0 Å². The van der Waals surface area contributed by atoms with Crippen LogP contribution in [-0.4, -0.2) is 4.98 Å². The molecule has 0 aliphatic heterocycles. The zero-order valence-corrected chi connectivity index (χ0v) is 11.7. The first-order chi connectivity index (χ1) is 10.9. The Morgan fingerprint density at radius 1 is 0.545 bits per heavy atom. The van der Waals surface area contributed by atoms with Crippen LogP contribution < -0.4 is 0 Å². The van der Waals surface area contributed by atoms with E-state index in [2.05, 4.69) is 25.4 Å². The zero-order valence-electron chi connectivity index (χ0n) is 11.7. The monoisotopic (exact) mass is 287 g/mol. The van der Waals surface area contributed by atoms with Gasteiger partial charge >= 0.3 is 0 Å². The molecule has 0 amide bonds. The number of aromatic nitrogens is 1. The minimum Gasteiger partial charge on any atom is -0.234 e. The van der Waals surface area contributed by atoms with Gasteiger partial charge in [0.2, 0.25) is 5.82 Å². The molecule has 0 aliphatic carbocycles. The molecule has 3 rings (SSSR count). The fourth-order valence-corrected chi connectivity index (χ4v) is 1.75. The van der Waals surface area contributed by atoms with Gasteiger partial charge in [0.25, 0.3) is 0 Å². The molecule has 0 unspecified atom stereocenters. The maximum absolute atomic E-state index is 4.20. The number of rotatable bonds is 4. The molecule has 0 N–H and O–H groups in total. The number of benzene rings is 2. The van der Waals surface area contributed by atoms with E-state index in [1.54, 1.807) is 18.3 Å². The average Bonchev–Trinajstić information content (AvgIpc) is 2.61. The molecule has 0 atom stereocenters. The predicted molar refractivity (Wildman–Crippen MR) is 85.5 cm³/mol. The smallest absolute Gasteiger partial charge is 0.202 e. The molecule has 0 saturated heterocycles. The Bertz CT molecular complexity index is 714. The van der Waals surface area contributed by atoms with E-state index in [4.69, 9.17) is 0 Å². The summed E-state index contributed by atoms with van der Waals surface area (Å²) in [7, 11) is 0. The Hall–Kier alpha value is -3.21. The standard InChI is InChI=1S/C17H13N5/c1-3-8-14(9-4-1)19-21-16-12-7-13-18-17(16)22-20-15-10-5-2-6-11-15/h1-13H. The minimum absolute atomic E-state index is 0.436. The fourth-order valence-electron chi connectivity index (χ4n) is 1.75. The molecule has 0 spiro atoms. The van der Waals surface area contributed by atoms with Crippen molar-refractivity contribution in [2.45, 2.75) is 0 Å². The Morgan fingerprint density at radius 2 is 1.14 bits per heavy atom. The first-order valence-corrected chi connectivity index (χ1v) is 6.80. The van der Waals surface area contributed by atoms with Crippen LogP contribution in [0.3, 0.4) is 0 Å². The van der Waals surface area contributed by atoms with E-state index in [1.807, 2.05) is 60.7 Å². The van der Waals surface area contributed by atoms with E-state index >= 15 is 0 Å². The Morgan fingerprint density at radius 3 is 1.77 bits per heavy atom. The molecule has 22 heavy (non-hydrogen) atoms. The minimum atomic E-state index is 0.436. The van der Waals surface area contributed by atoms with Crippen molar-refractivity contribution < 1.29 is 0 Å². The third-order valence-corrected chi connectivity index (χ3v) is 2.81. The van der Waals surface area contributed by atoms with Gasteiger partial charge in [-0.3, -0.25) is 0 Å². The number of azo groups is 2. The van der Waals surface area contributed by atoms with Crippen molar-refractivity contribution in [3.05, 3.63) is 79.0 Å². The highest BCUT2D eigenvalue weighted by atomic mass is 15.2. The SMILES string of the molecule is c1ccc(N=Nc2cccnc2N=Nc2ccccc2)cc1. The topological polar surface area (TPSA) is 62.3 Å². The third kappa shape index (κ3) is 3.67. The van der Waals surface area contributed by atoms with Gasteiger partial charge in [0.1, 0.15) is 5.69 Å². The summed E-state index contributed by atoms with van der Waals surface area (Å²) in [5, 5.41) is 16.7. The summed E-state index contributed by atoms with van der Waals surface area (Å²) in [6.45, 7) is 0. The second-order valence-corrected chi connectivity index (χ2v) is 4.42. The molecule has 0 radical (unpaired) electrons. The van der Waals surface area contributed by atoms with Crippen LogP contribution in [0.25, 0.3) is 0 Å². The molecular weight excluding hydrogens is 274 g/mol. The summed E-state index contributed by atoms with van der Waals surface area (Å²) in [6, 6.07) is 22.6. The molecule has 3 aromatic rings. The maximum atomic E-state index is 4.20. The van der Waals surface area contributed by atoms with Gasteiger partial charge in [-0.15, -0.1) is 15.3 Å². The van der Waals surface area contributed by atoms with E-state index in [0.29, 0.717) is 11.5 Å². The van der Waals surface area contributed by atoms with Crippen LogP contribution in [0.4, 0.5) is 22.9 Å². The van der Waals surface area contributed by atoms with Crippen molar-refractivity contribution in [2.24, 2.45) is 20.5 Å². The van der Waals surface area contributed by atoms with Crippen LogP contribution in [0.5, 0.6) is 0 Å². The molecule has 0 saturated carbocycles. The van der Waals surface area contributed by atoms with Crippen molar-refractivity contribution in [3.63, 3.8) is 0 Å². The molecular formula is C17H13N5. The van der Waals surface area contributed by atoms with E-state index in [9.17, 15) is 0 Å². The molecule has 0 aliphatic rings. The number of nitrogens with zero attached hydrogens (tertiary/aromatic N) is 5. The molecule has 5 heteroatoms. The second kappa shape index (κ2) is 6.99. The van der Waals surface area contributed by atoms with Gasteiger partial charge in [0.15, 0.2) is 0 Å². The van der Waals surface area contributed by atoms with Crippen LogP contribution in [-0.2, 0) is 0 Å². The zero-order chi connectivity index (χ0) is 15.0. The van der Waals surface area contributed by atoms with Crippen molar-refractivity contribution >= 4 is 22.9 Å². The lowest BCUT2D eigenvalue weighted by atomic mass is 10.3. The first kappa shape index (κ1) is 13.8. The van der Waals surface area contributed by atoms with Gasteiger partial charge in [0, 0.05) is 6.20 Å². The van der Waals surface area contributed by atoms with E-state index < -0.39 is 0 Å². The van der Waals surface area contributed by atoms with Crippen molar-refractivity contribution in [1.29, 1.82) is 0 Å². The van der Waals surface area contributed by atoms with Gasteiger partial charge < -0.3 is 0 Å². The second-order valence-electron chi connectivity index (χ2n) is 4.42.